The molecule has 0 spiro atoms. The van der Waals surface area contributed by atoms with E-state index in [0.717, 1.165) is 11.3 Å². The lowest BCUT2D eigenvalue weighted by atomic mass is 10.1. The zero-order valence-corrected chi connectivity index (χ0v) is 20.0. The molecule has 1 aromatic carbocycles. The Labute approximate surface area is 197 Å². The SMILES string of the molecule is CCCCn1c(N)c(N(CCC(C)C)C(=O)[C@H](C)N2C(=O)c3ccccc3C2=O)c(=O)[nH]c1=O. The summed E-state index contributed by atoms with van der Waals surface area (Å²) in [5.74, 6) is -1.70. The van der Waals surface area contributed by atoms with Crippen molar-refractivity contribution in [2.24, 2.45) is 5.92 Å². The minimum atomic E-state index is -1.19. The Hall–Kier alpha value is -3.69. The third kappa shape index (κ3) is 4.52. The maximum absolute atomic E-state index is 13.7. The molecule has 0 saturated carbocycles. The zero-order chi connectivity index (χ0) is 25.2. The van der Waals surface area contributed by atoms with Gasteiger partial charge in [0, 0.05) is 13.1 Å². The smallest absolute Gasteiger partial charge is 0.330 e. The number of aromatic amines is 1. The molecule has 1 aliphatic rings. The molecule has 0 saturated heterocycles. The summed E-state index contributed by atoms with van der Waals surface area (Å²) in [4.78, 5) is 69.1. The lowest BCUT2D eigenvalue weighted by molar-refractivity contribution is -0.122. The summed E-state index contributed by atoms with van der Waals surface area (Å²) < 4.78 is 1.24. The first-order valence-corrected chi connectivity index (χ1v) is 11.5. The number of benzene rings is 1. The van der Waals surface area contributed by atoms with Crippen LogP contribution in [0.25, 0.3) is 0 Å². The summed E-state index contributed by atoms with van der Waals surface area (Å²) >= 11 is 0. The van der Waals surface area contributed by atoms with Crippen LogP contribution in [0.4, 0.5) is 11.5 Å². The number of amides is 3. The first kappa shape index (κ1) is 24.9. The molecule has 3 amide bonds. The van der Waals surface area contributed by atoms with Gasteiger partial charge in [-0.1, -0.05) is 39.3 Å². The average molecular weight is 470 g/mol. The minimum Gasteiger partial charge on any atom is -0.383 e. The number of hydrogen-bond acceptors (Lipinski definition) is 6. The number of nitrogen functional groups attached to an aromatic ring is 1. The molecule has 10 heteroatoms. The highest BCUT2D eigenvalue weighted by Gasteiger charge is 2.42. The van der Waals surface area contributed by atoms with E-state index >= 15 is 0 Å². The zero-order valence-electron chi connectivity index (χ0n) is 20.0. The van der Waals surface area contributed by atoms with Gasteiger partial charge in [0.2, 0.25) is 5.91 Å². The minimum absolute atomic E-state index is 0.117. The van der Waals surface area contributed by atoms with Crippen molar-refractivity contribution in [1.82, 2.24) is 14.5 Å². The molecule has 1 aromatic heterocycles. The summed E-state index contributed by atoms with van der Waals surface area (Å²) in [5, 5.41) is 0. The Bertz CT molecular complexity index is 1190. The van der Waals surface area contributed by atoms with Crippen LogP contribution in [0.5, 0.6) is 0 Å². The number of unbranched alkanes of at least 4 members (excludes halogenated alkanes) is 1. The molecule has 34 heavy (non-hydrogen) atoms. The van der Waals surface area contributed by atoms with Crippen LogP contribution in [-0.2, 0) is 11.3 Å². The Kier molecular flexibility index (Phi) is 7.38. The maximum atomic E-state index is 13.7. The number of aromatic nitrogens is 2. The number of fused-ring (bicyclic) bond motifs is 1. The number of H-pyrrole nitrogens is 1. The van der Waals surface area contributed by atoms with Crippen molar-refractivity contribution in [2.75, 3.05) is 17.2 Å². The molecule has 1 atom stereocenters. The molecular formula is C24H31N5O5. The first-order valence-electron chi connectivity index (χ1n) is 11.5. The molecule has 182 valence electrons. The van der Waals surface area contributed by atoms with Gasteiger partial charge in [-0.2, -0.15) is 0 Å². The molecule has 3 N–H and O–H groups in total. The lowest BCUT2D eigenvalue weighted by Gasteiger charge is -2.30. The number of rotatable bonds is 9. The van der Waals surface area contributed by atoms with Gasteiger partial charge in [-0.25, -0.2) is 4.79 Å². The summed E-state index contributed by atoms with van der Waals surface area (Å²) in [6.07, 6.45) is 1.99. The highest BCUT2D eigenvalue weighted by Crippen LogP contribution is 2.27. The highest BCUT2D eigenvalue weighted by atomic mass is 16.2. The monoisotopic (exact) mass is 469 g/mol. The molecule has 2 aromatic rings. The number of carbonyl (C=O) groups is 3. The number of hydrogen-bond donors (Lipinski definition) is 2. The van der Waals surface area contributed by atoms with E-state index in [1.54, 1.807) is 12.1 Å². The molecule has 0 unspecified atom stereocenters. The van der Waals surface area contributed by atoms with Gasteiger partial charge in [-0.3, -0.25) is 33.6 Å². The van der Waals surface area contributed by atoms with E-state index in [-0.39, 0.29) is 41.6 Å². The third-order valence-corrected chi connectivity index (χ3v) is 5.99. The average Bonchev–Trinajstić information content (AvgIpc) is 3.04. The second-order valence-electron chi connectivity index (χ2n) is 8.87. The quantitative estimate of drug-likeness (QED) is 0.539. The normalized spacial score (nSPS) is 14.0. The van der Waals surface area contributed by atoms with Gasteiger partial charge in [0.1, 0.15) is 11.9 Å². The third-order valence-electron chi connectivity index (χ3n) is 5.99. The van der Waals surface area contributed by atoms with Gasteiger partial charge in [-0.05, 0) is 37.8 Å². The van der Waals surface area contributed by atoms with Gasteiger partial charge in [0.15, 0.2) is 5.69 Å². The van der Waals surface area contributed by atoms with Gasteiger partial charge in [0.05, 0.1) is 11.1 Å². The molecule has 10 nitrogen and oxygen atoms in total. The van der Waals surface area contributed by atoms with Crippen molar-refractivity contribution in [2.45, 2.75) is 59.5 Å². The molecule has 1 aliphatic heterocycles. The molecule has 0 radical (unpaired) electrons. The molecular weight excluding hydrogens is 438 g/mol. The fourth-order valence-electron chi connectivity index (χ4n) is 3.99. The highest BCUT2D eigenvalue weighted by molar-refractivity contribution is 6.23. The van der Waals surface area contributed by atoms with Crippen molar-refractivity contribution in [3.8, 4) is 0 Å². The molecule has 0 fully saturated rings. The first-order chi connectivity index (χ1) is 16.1. The van der Waals surface area contributed by atoms with Crippen LogP contribution >= 0.6 is 0 Å². The van der Waals surface area contributed by atoms with Crippen LogP contribution in [-0.4, -0.2) is 44.8 Å². The topological polar surface area (TPSA) is 139 Å². The molecule has 2 heterocycles. The summed E-state index contributed by atoms with van der Waals surface area (Å²) in [7, 11) is 0. The Morgan fingerprint density at radius 3 is 2.18 bits per heavy atom. The number of anilines is 2. The van der Waals surface area contributed by atoms with Crippen molar-refractivity contribution >= 4 is 29.2 Å². The van der Waals surface area contributed by atoms with E-state index < -0.39 is 35.0 Å². The molecule has 3 rings (SSSR count). The van der Waals surface area contributed by atoms with E-state index in [0.29, 0.717) is 12.8 Å². The van der Waals surface area contributed by atoms with Gasteiger partial charge in [0.25, 0.3) is 17.4 Å². The fourth-order valence-corrected chi connectivity index (χ4v) is 3.99. The Morgan fingerprint density at radius 1 is 1.06 bits per heavy atom. The van der Waals surface area contributed by atoms with Crippen molar-refractivity contribution in [3.05, 3.63) is 56.2 Å². The van der Waals surface area contributed by atoms with E-state index in [4.69, 9.17) is 5.73 Å². The Morgan fingerprint density at radius 2 is 1.65 bits per heavy atom. The van der Waals surface area contributed by atoms with E-state index in [2.05, 4.69) is 4.98 Å². The van der Waals surface area contributed by atoms with Crippen molar-refractivity contribution in [3.63, 3.8) is 0 Å². The summed E-state index contributed by atoms with van der Waals surface area (Å²) in [6.45, 7) is 7.74. The van der Waals surface area contributed by atoms with Crippen LogP contribution in [0, 0.1) is 5.92 Å². The second kappa shape index (κ2) is 10.1. The van der Waals surface area contributed by atoms with E-state index in [1.807, 2.05) is 20.8 Å². The van der Waals surface area contributed by atoms with Crippen molar-refractivity contribution < 1.29 is 14.4 Å². The van der Waals surface area contributed by atoms with Gasteiger partial charge < -0.3 is 10.6 Å². The van der Waals surface area contributed by atoms with Gasteiger partial charge >= 0.3 is 5.69 Å². The number of nitrogens with two attached hydrogens (primary N) is 1. The Balaban J connectivity index is 2.05. The number of nitrogens with zero attached hydrogens (tertiary/aromatic N) is 3. The van der Waals surface area contributed by atoms with Crippen LogP contribution in [0.1, 0.15) is 67.7 Å². The molecule has 0 aliphatic carbocycles. The standard InChI is InChI=1S/C24H31N5O5/c1-5-6-12-28-19(25)18(20(30)26-24(28)34)27(13-11-14(2)3)21(31)15(4)29-22(32)16-9-7-8-10-17(16)23(29)33/h7-10,14-15H,5-6,11-13,25H2,1-4H3,(H,26,30,34)/t15-/m0/s1. The fraction of sp³-hybridized carbons (Fsp3) is 0.458. The van der Waals surface area contributed by atoms with E-state index in [9.17, 15) is 24.0 Å². The number of imide groups is 1. The van der Waals surface area contributed by atoms with Crippen molar-refractivity contribution in [1.29, 1.82) is 0 Å². The van der Waals surface area contributed by atoms with Crippen LogP contribution in [0.2, 0.25) is 0 Å². The molecule has 0 bridgehead atoms. The van der Waals surface area contributed by atoms with Crippen LogP contribution < -0.4 is 21.9 Å². The predicted molar refractivity (Wildman–Crippen MR) is 129 cm³/mol. The van der Waals surface area contributed by atoms with E-state index in [1.165, 1.54) is 28.5 Å². The number of nitrogens with one attached hydrogen (secondary N) is 1. The second-order valence-corrected chi connectivity index (χ2v) is 8.87. The van der Waals surface area contributed by atoms with Gasteiger partial charge in [-0.15, -0.1) is 0 Å². The van der Waals surface area contributed by atoms with Crippen LogP contribution in [0.3, 0.4) is 0 Å². The van der Waals surface area contributed by atoms with Crippen LogP contribution in [0.15, 0.2) is 33.9 Å². The maximum Gasteiger partial charge on any atom is 0.330 e. The summed E-state index contributed by atoms with van der Waals surface area (Å²) in [5.41, 5.74) is 5.12. The largest absolute Gasteiger partial charge is 0.383 e. The number of carbonyl (C=O) groups excluding carboxylic acids is 3. The summed E-state index contributed by atoms with van der Waals surface area (Å²) in [6, 6.07) is 5.18. The predicted octanol–water partition coefficient (Wildman–Crippen LogP) is 1.98. The lowest BCUT2D eigenvalue weighted by Crippen LogP contribution is -2.52.